The van der Waals surface area contributed by atoms with Crippen molar-refractivity contribution in [3.05, 3.63) is 47.2 Å². The molecule has 0 aliphatic heterocycles. The summed E-state index contributed by atoms with van der Waals surface area (Å²) in [6.07, 6.45) is 0.0340. The second kappa shape index (κ2) is 5.72. The van der Waals surface area contributed by atoms with E-state index in [2.05, 4.69) is 0 Å². The van der Waals surface area contributed by atoms with Gasteiger partial charge in [-0.3, -0.25) is 14.4 Å². The quantitative estimate of drug-likeness (QED) is 0.319. The highest BCUT2D eigenvalue weighted by molar-refractivity contribution is 6.35. The second-order valence-electron chi connectivity index (χ2n) is 4.52. The molecule has 1 fully saturated rings. The maximum atomic E-state index is 11.7. The fourth-order valence-electron chi connectivity index (χ4n) is 1.88. The van der Waals surface area contributed by atoms with E-state index in [0.717, 1.165) is 6.08 Å². The molecule has 6 heteroatoms. The first kappa shape index (κ1) is 14.7. The first-order valence-electron chi connectivity index (χ1n) is 6.08. The molecule has 0 heterocycles. The molecule has 21 heavy (non-hydrogen) atoms. The summed E-state index contributed by atoms with van der Waals surface area (Å²) in [5, 5.41) is 28.3. The highest BCUT2D eigenvalue weighted by Gasteiger charge is 2.39. The lowest BCUT2D eigenvalue weighted by atomic mass is 9.88. The minimum Gasteiger partial charge on any atom is -0.508 e. The van der Waals surface area contributed by atoms with Crippen molar-refractivity contribution in [1.82, 2.24) is 0 Å². The molecule has 2 rings (SSSR count). The highest BCUT2D eigenvalue weighted by atomic mass is 16.3. The van der Waals surface area contributed by atoms with Crippen molar-refractivity contribution < 1.29 is 29.7 Å². The maximum Gasteiger partial charge on any atom is 0.206 e. The van der Waals surface area contributed by atoms with Crippen LogP contribution in [0.5, 0.6) is 5.75 Å². The Bertz CT molecular complexity index is 666. The van der Waals surface area contributed by atoms with Gasteiger partial charge in [0.05, 0.1) is 6.42 Å². The van der Waals surface area contributed by atoms with Crippen LogP contribution in [0, 0.1) is 0 Å². The molecule has 6 nitrogen and oxygen atoms in total. The van der Waals surface area contributed by atoms with Gasteiger partial charge in [-0.15, -0.1) is 0 Å². The molecule has 0 spiro atoms. The number of carbonyl (C=O) groups is 3. The lowest BCUT2D eigenvalue weighted by Crippen LogP contribution is -2.40. The Kier molecular flexibility index (Phi) is 4.00. The largest absolute Gasteiger partial charge is 0.508 e. The van der Waals surface area contributed by atoms with E-state index >= 15 is 0 Å². The average Bonchev–Trinajstić information content (AvgIpc) is 2.44. The van der Waals surface area contributed by atoms with E-state index < -0.39 is 41.2 Å². The van der Waals surface area contributed by atoms with E-state index in [0.29, 0.717) is 5.56 Å². The number of rotatable bonds is 2. The Hall–Kier alpha value is -2.73. The van der Waals surface area contributed by atoms with Gasteiger partial charge in [-0.1, -0.05) is 18.2 Å². The lowest BCUT2D eigenvalue weighted by molar-refractivity contribution is -0.141. The molecule has 0 aromatic heterocycles. The Morgan fingerprint density at radius 2 is 1.76 bits per heavy atom. The number of hydrogen-bond acceptors (Lipinski definition) is 6. The van der Waals surface area contributed by atoms with E-state index in [4.69, 9.17) is 5.11 Å². The predicted molar refractivity (Wildman–Crippen MR) is 72.4 cm³/mol. The third-order valence-electron chi connectivity index (χ3n) is 3.00. The Balaban J connectivity index is 2.30. The van der Waals surface area contributed by atoms with Gasteiger partial charge in [0.15, 0.2) is 17.7 Å². The van der Waals surface area contributed by atoms with Crippen LogP contribution in [0.15, 0.2) is 41.7 Å². The summed E-state index contributed by atoms with van der Waals surface area (Å²) < 4.78 is 0. The monoisotopic (exact) mass is 288 g/mol. The number of benzene rings is 1. The van der Waals surface area contributed by atoms with Gasteiger partial charge in [0.25, 0.3) is 0 Å². The normalized spacial score (nSPS) is 22.0. The summed E-state index contributed by atoms with van der Waals surface area (Å²) in [6, 6.07) is 5.99. The van der Waals surface area contributed by atoms with Crippen molar-refractivity contribution in [2.45, 2.75) is 12.5 Å². The van der Waals surface area contributed by atoms with E-state index in [9.17, 15) is 24.6 Å². The molecule has 3 N–H and O–H groups in total. The number of aliphatic hydroxyl groups excluding tert-OH is 2. The summed E-state index contributed by atoms with van der Waals surface area (Å²) in [7, 11) is 0. The number of allylic oxidation sites excluding steroid dienone is 1. The van der Waals surface area contributed by atoms with Crippen LogP contribution in [-0.4, -0.2) is 38.8 Å². The molecule has 0 radical (unpaired) electrons. The van der Waals surface area contributed by atoms with E-state index in [-0.39, 0.29) is 5.75 Å². The molecule has 1 saturated carbocycles. The number of phenolic OH excluding ortho intramolecular Hbond substituents is 1. The summed E-state index contributed by atoms with van der Waals surface area (Å²) in [6.45, 7) is 0. The number of carbonyl (C=O) groups excluding carboxylic acids is 3. The van der Waals surface area contributed by atoms with Crippen LogP contribution in [0.3, 0.4) is 0 Å². The third kappa shape index (κ3) is 3.06. The number of ketones is 3. The van der Waals surface area contributed by atoms with Crippen molar-refractivity contribution in [1.29, 1.82) is 0 Å². The SMILES string of the molecule is O=C1CC(=O)C(O)C(=O)C1=C(O)/C=C/c1ccc(O)cc1. The fourth-order valence-corrected chi connectivity index (χ4v) is 1.88. The van der Waals surface area contributed by atoms with E-state index in [1.165, 1.54) is 18.2 Å². The fraction of sp³-hybridized carbons (Fsp3) is 0.133. The molecule has 1 aromatic carbocycles. The van der Waals surface area contributed by atoms with Crippen LogP contribution < -0.4 is 0 Å². The minimum atomic E-state index is -1.90. The van der Waals surface area contributed by atoms with Crippen molar-refractivity contribution in [3.8, 4) is 5.75 Å². The number of aromatic hydroxyl groups is 1. The molecule has 0 amide bonds. The van der Waals surface area contributed by atoms with Crippen molar-refractivity contribution in [3.63, 3.8) is 0 Å². The van der Waals surface area contributed by atoms with E-state index in [1.54, 1.807) is 12.1 Å². The van der Waals surface area contributed by atoms with Gasteiger partial charge >= 0.3 is 0 Å². The molecule has 0 bridgehead atoms. The Morgan fingerprint density at radius 1 is 1.14 bits per heavy atom. The zero-order valence-electron chi connectivity index (χ0n) is 10.8. The number of phenols is 1. The topological polar surface area (TPSA) is 112 Å². The van der Waals surface area contributed by atoms with Gasteiger partial charge in [0.2, 0.25) is 5.78 Å². The molecule has 0 saturated heterocycles. The van der Waals surface area contributed by atoms with Gasteiger partial charge in [-0.2, -0.15) is 0 Å². The Morgan fingerprint density at radius 3 is 2.38 bits per heavy atom. The van der Waals surface area contributed by atoms with Gasteiger partial charge < -0.3 is 15.3 Å². The first-order valence-corrected chi connectivity index (χ1v) is 6.08. The van der Waals surface area contributed by atoms with Crippen LogP contribution in [0.1, 0.15) is 12.0 Å². The molecule has 1 atom stereocenters. The maximum absolute atomic E-state index is 11.7. The van der Waals surface area contributed by atoms with E-state index in [1.807, 2.05) is 0 Å². The average molecular weight is 288 g/mol. The molecule has 108 valence electrons. The third-order valence-corrected chi connectivity index (χ3v) is 3.00. The zero-order valence-corrected chi connectivity index (χ0v) is 10.8. The van der Waals surface area contributed by atoms with Gasteiger partial charge in [-0.25, -0.2) is 0 Å². The summed E-state index contributed by atoms with van der Waals surface area (Å²) in [4.78, 5) is 34.4. The summed E-state index contributed by atoms with van der Waals surface area (Å²) >= 11 is 0. The van der Waals surface area contributed by atoms with Crippen LogP contribution in [-0.2, 0) is 14.4 Å². The smallest absolute Gasteiger partial charge is 0.206 e. The molecule has 1 aliphatic carbocycles. The summed E-state index contributed by atoms with van der Waals surface area (Å²) in [5.74, 6) is -3.31. The van der Waals surface area contributed by atoms with Crippen LogP contribution in [0.2, 0.25) is 0 Å². The van der Waals surface area contributed by atoms with Gasteiger partial charge in [0.1, 0.15) is 17.1 Å². The van der Waals surface area contributed by atoms with Crippen molar-refractivity contribution in [2.24, 2.45) is 0 Å². The second-order valence-corrected chi connectivity index (χ2v) is 4.52. The highest BCUT2D eigenvalue weighted by Crippen LogP contribution is 2.19. The van der Waals surface area contributed by atoms with Crippen molar-refractivity contribution in [2.75, 3.05) is 0 Å². The zero-order chi connectivity index (χ0) is 15.6. The molecular formula is C15H12O6. The first-order chi connectivity index (χ1) is 9.90. The van der Waals surface area contributed by atoms with Gasteiger partial charge in [0, 0.05) is 0 Å². The van der Waals surface area contributed by atoms with Crippen LogP contribution >= 0.6 is 0 Å². The molecular weight excluding hydrogens is 276 g/mol. The van der Waals surface area contributed by atoms with Crippen LogP contribution in [0.4, 0.5) is 0 Å². The van der Waals surface area contributed by atoms with Crippen LogP contribution in [0.25, 0.3) is 6.08 Å². The number of aliphatic hydroxyl groups is 2. The van der Waals surface area contributed by atoms with Gasteiger partial charge in [-0.05, 0) is 23.8 Å². The molecule has 1 unspecified atom stereocenters. The number of Topliss-reactive ketones (excluding diaryl/α,β-unsaturated/α-hetero) is 3. The molecule has 1 aromatic rings. The molecule has 1 aliphatic rings. The number of hydrogen-bond donors (Lipinski definition) is 3. The summed E-state index contributed by atoms with van der Waals surface area (Å²) in [5.41, 5.74) is 0.0458. The predicted octanol–water partition coefficient (Wildman–Crippen LogP) is 0.689. The Labute approximate surface area is 119 Å². The minimum absolute atomic E-state index is 0.0778. The lowest BCUT2D eigenvalue weighted by Gasteiger charge is -2.16. The standard InChI is InChI=1S/C15H12O6/c16-9-4-1-8(2-5-9)3-6-10(17)13-11(18)7-12(19)14(20)15(13)21/h1-6,14,16-17,20H,7H2/b6-3+,13-10?. The van der Waals surface area contributed by atoms with Crippen molar-refractivity contribution >= 4 is 23.4 Å².